The molecule has 1 unspecified atom stereocenters. The zero-order valence-corrected chi connectivity index (χ0v) is 14.8. The summed E-state index contributed by atoms with van der Waals surface area (Å²) in [6, 6.07) is 10.1. The van der Waals surface area contributed by atoms with Gasteiger partial charge in [-0.2, -0.15) is 0 Å². The van der Waals surface area contributed by atoms with Crippen molar-refractivity contribution in [2.24, 2.45) is 0 Å². The Morgan fingerprint density at radius 1 is 1.20 bits per heavy atom. The molecule has 1 aromatic carbocycles. The Hall–Kier alpha value is -1.89. The van der Waals surface area contributed by atoms with Crippen LogP contribution in [0.25, 0.3) is 10.9 Å². The summed E-state index contributed by atoms with van der Waals surface area (Å²) in [5.74, 6) is 0.149. The minimum atomic E-state index is -0.464. The Balaban J connectivity index is 1.48. The molecule has 2 aromatic rings. The quantitative estimate of drug-likeness (QED) is 0.819. The van der Waals surface area contributed by atoms with E-state index in [9.17, 15) is 9.90 Å². The number of aliphatic hydroxyl groups is 1. The Labute approximate surface area is 148 Å². The molecule has 1 aliphatic heterocycles. The third-order valence-corrected chi connectivity index (χ3v) is 4.69. The van der Waals surface area contributed by atoms with E-state index >= 15 is 0 Å². The lowest BCUT2D eigenvalue weighted by Crippen LogP contribution is -2.51. The van der Waals surface area contributed by atoms with Crippen molar-refractivity contribution < 1.29 is 14.6 Å². The Bertz CT molecular complexity index is 692. The molecule has 1 atom stereocenters. The van der Waals surface area contributed by atoms with E-state index in [1.807, 2.05) is 46.9 Å². The molecule has 0 bridgehead atoms. The molecule has 136 valence electrons. The van der Waals surface area contributed by atoms with Crippen LogP contribution in [0.3, 0.4) is 0 Å². The topological polar surface area (TPSA) is 57.9 Å². The summed E-state index contributed by atoms with van der Waals surface area (Å²) in [4.78, 5) is 16.7. The molecule has 1 aromatic heterocycles. The minimum absolute atomic E-state index is 0.149. The SMILES string of the molecule is CCOCC(O)CN1CCN(C(=O)Cn2ccc3ccccc32)CC1. The van der Waals surface area contributed by atoms with Gasteiger partial charge in [0.1, 0.15) is 6.54 Å². The lowest BCUT2D eigenvalue weighted by Gasteiger charge is -2.35. The zero-order valence-electron chi connectivity index (χ0n) is 14.8. The monoisotopic (exact) mass is 345 g/mol. The van der Waals surface area contributed by atoms with E-state index in [1.165, 1.54) is 0 Å². The predicted octanol–water partition coefficient (Wildman–Crippen LogP) is 1.18. The van der Waals surface area contributed by atoms with Gasteiger partial charge >= 0.3 is 0 Å². The van der Waals surface area contributed by atoms with Gasteiger partial charge in [0.15, 0.2) is 0 Å². The number of β-amino-alcohol motifs (C(OH)–C–C–N with tert-alkyl or cyclic N) is 1. The van der Waals surface area contributed by atoms with Crippen LogP contribution < -0.4 is 0 Å². The maximum Gasteiger partial charge on any atom is 0.242 e. The van der Waals surface area contributed by atoms with Crippen LogP contribution in [0.4, 0.5) is 0 Å². The first-order valence-corrected chi connectivity index (χ1v) is 8.97. The highest BCUT2D eigenvalue weighted by Crippen LogP contribution is 2.15. The maximum absolute atomic E-state index is 12.6. The second-order valence-electron chi connectivity index (χ2n) is 6.50. The fourth-order valence-electron chi connectivity index (χ4n) is 3.31. The van der Waals surface area contributed by atoms with Gasteiger partial charge in [0.05, 0.1) is 12.7 Å². The molecule has 6 heteroatoms. The highest BCUT2D eigenvalue weighted by atomic mass is 16.5. The summed E-state index contributed by atoms with van der Waals surface area (Å²) in [5.41, 5.74) is 1.09. The number of fused-ring (bicyclic) bond motifs is 1. The standard InChI is InChI=1S/C19H27N3O3/c1-2-25-15-17(23)13-20-9-11-21(12-10-20)19(24)14-22-8-7-16-5-3-4-6-18(16)22/h3-8,17,23H,2,9-15H2,1H3. The number of aliphatic hydroxyl groups excluding tert-OH is 1. The van der Waals surface area contributed by atoms with Crippen LogP contribution in [0.2, 0.25) is 0 Å². The Morgan fingerprint density at radius 2 is 1.96 bits per heavy atom. The molecule has 1 aliphatic rings. The first-order valence-electron chi connectivity index (χ1n) is 8.97. The van der Waals surface area contributed by atoms with Crippen molar-refractivity contribution in [3.05, 3.63) is 36.5 Å². The van der Waals surface area contributed by atoms with Gasteiger partial charge in [-0.15, -0.1) is 0 Å². The van der Waals surface area contributed by atoms with E-state index < -0.39 is 6.10 Å². The predicted molar refractivity (Wildman–Crippen MR) is 97.5 cm³/mol. The van der Waals surface area contributed by atoms with Crippen molar-refractivity contribution in [3.8, 4) is 0 Å². The van der Waals surface area contributed by atoms with Crippen LogP contribution in [0.1, 0.15) is 6.92 Å². The summed E-state index contributed by atoms with van der Waals surface area (Å²) in [6.45, 7) is 6.89. The van der Waals surface area contributed by atoms with Gasteiger partial charge in [-0.1, -0.05) is 18.2 Å². The lowest BCUT2D eigenvalue weighted by molar-refractivity contribution is -0.133. The molecule has 0 spiro atoms. The van der Waals surface area contributed by atoms with E-state index in [0.29, 0.717) is 39.4 Å². The number of benzene rings is 1. The molecule has 0 radical (unpaired) electrons. The van der Waals surface area contributed by atoms with Crippen molar-refractivity contribution >= 4 is 16.8 Å². The molecular formula is C19H27N3O3. The van der Waals surface area contributed by atoms with E-state index in [0.717, 1.165) is 24.0 Å². The number of nitrogens with zero attached hydrogens (tertiary/aromatic N) is 3. The van der Waals surface area contributed by atoms with E-state index in [2.05, 4.69) is 11.0 Å². The largest absolute Gasteiger partial charge is 0.389 e. The average Bonchev–Trinajstić information content (AvgIpc) is 3.03. The van der Waals surface area contributed by atoms with Gasteiger partial charge in [0.25, 0.3) is 0 Å². The summed E-state index contributed by atoms with van der Waals surface area (Å²) < 4.78 is 7.26. The van der Waals surface area contributed by atoms with E-state index in [1.54, 1.807) is 0 Å². The average molecular weight is 345 g/mol. The molecule has 1 amide bonds. The number of piperazine rings is 1. The molecule has 1 N–H and O–H groups in total. The summed E-state index contributed by atoms with van der Waals surface area (Å²) in [7, 11) is 0. The third kappa shape index (κ3) is 4.60. The molecule has 1 fully saturated rings. The third-order valence-electron chi connectivity index (χ3n) is 4.69. The summed E-state index contributed by atoms with van der Waals surface area (Å²) >= 11 is 0. The van der Waals surface area contributed by atoms with Gasteiger partial charge in [-0.05, 0) is 24.4 Å². The van der Waals surface area contributed by atoms with Crippen molar-refractivity contribution in [2.45, 2.75) is 19.6 Å². The van der Waals surface area contributed by atoms with Gasteiger partial charge in [-0.3, -0.25) is 9.69 Å². The number of rotatable bonds is 7. The second kappa shape index (κ2) is 8.47. The van der Waals surface area contributed by atoms with Crippen LogP contribution in [0, 0.1) is 0 Å². The van der Waals surface area contributed by atoms with Crippen molar-refractivity contribution in [3.63, 3.8) is 0 Å². The van der Waals surface area contributed by atoms with E-state index in [-0.39, 0.29) is 5.91 Å². The number of ether oxygens (including phenoxy) is 1. The van der Waals surface area contributed by atoms with Crippen LogP contribution in [0.5, 0.6) is 0 Å². The number of hydrogen-bond acceptors (Lipinski definition) is 4. The number of aromatic nitrogens is 1. The number of carbonyl (C=O) groups is 1. The Morgan fingerprint density at radius 3 is 2.72 bits per heavy atom. The highest BCUT2D eigenvalue weighted by molar-refractivity contribution is 5.83. The Kier molecular flexibility index (Phi) is 6.07. The van der Waals surface area contributed by atoms with Gasteiger partial charge < -0.3 is 19.3 Å². The first-order chi connectivity index (χ1) is 12.2. The lowest BCUT2D eigenvalue weighted by atomic mass is 10.2. The smallest absolute Gasteiger partial charge is 0.242 e. The molecule has 0 saturated carbocycles. The van der Waals surface area contributed by atoms with Crippen molar-refractivity contribution in [2.75, 3.05) is 45.9 Å². The van der Waals surface area contributed by atoms with Crippen molar-refractivity contribution in [1.82, 2.24) is 14.4 Å². The first kappa shape index (κ1) is 17.9. The number of carbonyl (C=O) groups excluding carboxylic acids is 1. The summed E-state index contributed by atoms with van der Waals surface area (Å²) in [5, 5.41) is 11.1. The molecular weight excluding hydrogens is 318 g/mol. The molecule has 0 aliphatic carbocycles. The maximum atomic E-state index is 12.6. The second-order valence-corrected chi connectivity index (χ2v) is 6.50. The molecule has 6 nitrogen and oxygen atoms in total. The van der Waals surface area contributed by atoms with E-state index in [4.69, 9.17) is 4.74 Å². The normalized spacial score (nSPS) is 17.1. The van der Waals surface area contributed by atoms with Crippen LogP contribution in [-0.4, -0.2) is 77.4 Å². The van der Waals surface area contributed by atoms with Gasteiger partial charge in [0, 0.05) is 51.0 Å². The fourth-order valence-corrected chi connectivity index (χ4v) is 3.31. The zero-order chi connectivity index (χ0) is 17.6. The van der Waals surface area contributed by atoms with Crippen LogP contribution >= 0.6 is 0 Å². The molecule has 25 heavy (non-hydrogen) atoms. The van der Waals surface area contributed by atoms with Crippen LogP contribution in [0.15, 0.2) is 36.5 Å². The van der Waals surface area contributed by atoms with Crippen LogP contribution in [-0.2, 0) is 16.1 Å². The number of hydrogen-bond donors (Lipinski definition) is 1. The van der Waals surface area contributed by atoms with Gasteiger partial charge in [-0.25, -0.2) is 0 Å². The summed E-state index contributed by atoms with van der Waals surface area (Å²) in [6.07, 6.45) is 1.51. The highest BCUT2D eigenvalue weighted by Gasteiger charge is 2.22. The van der Waals surface area contributed by atoms with Crippen molar-refractivity contribution in [1.29, 1.82) is 0 Å². The number of para-hydroxylation sites is 1. The minimum Gasteiger partial charge on any atom is -0.389 e. The fraction of sp³-hybridized carbons (Fsp3) is 0.526. The molecule has 3 rings (SSSR count). The molecule has 2 heterocycles. The number of amides is 1. The van der Waals surface area contributed by atoms with Gasteiger partial charge in [0.2, 0.25) is 5.91 Å². The molecule has 1 saturated heterocycles.